The fourth-order valence-corrected chi connectivity index (χ4v) is 2.09. The average molecular weight is 306 g/mol. The number of carbonyl (C=O) groups is 1. The Balaban J connectivity index is 2.03. The van der Waals surface area contributed by atoms with Gasteiger partial charge in [-0.3, -0.25) is 24.3 Å². The molecule has 1 unspecified atom stereocenters. The van der Waals surface area contributed by atoms with Gasteiger partial charge in [-0.1, -0.05) is 0 Å². The zero-order valence-electron chi connectivity index (χ0n) is 12.7. The largest absolute Gasteiger partial charge is 0.349 e. The fraction of sp³-hybridized carbons (Fsp3) is 0.462. The first kappa shape index (κ1) is 15.7. The highest BCUT2D eigenvalue weighted by molar-refractivity contribution is 5.79. The number of amides is 1. The summed E-state index contributed by atoms with van der Waals surface area (Å²) < 4.78 is 3.09. The normalized spacial score (nSPS) is 12.1. The topological polar surface area (TPSA) is 108 Å². The van der Waals surface area contributed by atoms with E-state index in [0.717, 1.165) is 12.2 Å². The van der Waals surface area contributed by atoms with Gasteiger partial charge in [-0.05, 0) is 26.8 Å². The first-order chi connectivity index (χ1) is 10.4. The molecule has 1 N–H and O–H groups in total. The van der Waals surface area contributed by atoms with Crippen LogP contribution < -0.4 is 5.32 Å². The van der Waals surface area contributed by atoms with Crippen LogP contribution >= 0.6 is 0 Å². The summed E-state index contributed by atoms with van der Waals surface area (Å²) in [5, 5.41) is 21.8. The second-order valence-corrected chi connectivity index (χ2v) is 4.87. The minimum atomic E-state index is -0.634. The minimum Gasteiger partial charge on any atom is -0.349 e. The number of nitrogens with zero attached hydrogens (tertiary/aromatic N) is 5. The molecule has 0 saturated carbocycles. The van der Waals surface area contributed by atoms with Gasteiger partial charge in [0, 0.05) is 12.7 Å². The van der Waals surface area contributed by atoms with Crippen LogP contribution in [-0.4, -0.2) is 30.4 Å². The first-order valence-electron chi connectivity index (χ1n) is 6.92. The summed E-state index contributed by atoms with van der Waals surface area (Å²) in [5.41, 5.74) is 1.09. The van der Waals surface area contributed by atoms with Crippen LogP contribution in [0.15, 0.2) is 18.5 Å². The van der Waals surface area contributed by atoms with Gasteiger partial charge in [0.05, 0.1) is 17.2 Å². The molecule has 1 atom stereocenters. The highest BCUT2D eigenvalue weighted by Crippen LogP contribution is 2.18. The second kappa shape index (κ2) is 6.37. The van der Waals surface area contributed by atoms with Gasteiger partial charge in [0.15, 0.2) is 0 Å². The van der Waals surface area contributed by atoms with E-state index in [1.807, 2.05) is 13.0 Å². The summed E-state index contributed by atoms with van der Waals surface area (Å²) in [6, 6.07) is 1.20. The highest BCUT2D eigenvalue weighted by atomic mass is 16.6. The molecule has 0 aliphatic heterocycles. The number of hydrogen-bond acceptors (Lipinski definition) is 5. The van der Waals surface area contributed by atoms with Crippen molar-refractivity contribution >= 4 is 11.6 Å². The third-order valence-electron chi connectivity index (χ3n) is 3.41. The number of hydrogen-bond donors (Lipinski definition) is 1. The number of carbonyl (C=O) groups excluding carboxylic acids is 1. The zero-order chi connectivity index (χ0) is 16.3. The van der Waals surface area contributed by atoms with Crippen molar-refractivity contribution < 1.29 is 9.72 Å². The van der Waals surface area contributed by atoms with Gasteiger partial charge in [0.1, 0.15) is 17.9 Å². The van der Waals surface area contributed by atoms with E-state index in [2.05, 4.69) is 15.5 Å². The summed E-state index contributed by atoms with van der Waals surface area (Å²) in [6.07, 6.45) is 2.95. The Kier molecular flexibility index (Phi) is 4.54. The van der Waals surface area contributed by atoms with Crippen LogP contribution in [-0.2, 0) is 17.9 Å². The molecule has 2 aromatic heterocycles. The molecule has 0 aromatic carbocycles. The van der Waals surface area contributed by atoms with Crippen molar-refractivity contribution in [2.45, 2.75) is 39.9 Å². The van der Waals surface area contributed by atoms with Crippen LogP contribution in [0.3, 0.4) is 0 Å². The molecule has 0 aliphatic carbocycles. The standard InChI is InChI=1S/C13H18N6O3/c1-4-17-11(5-6-15-17)7-14-13(20)10(3)18-8-12(19(21)22)9(2)16-18/h5-6,8,10H,4,7H2,1-3H3,(H,14,20). The second-order valence-electron chi connectivity index (χ2n) is 4.87. The third kappa shape index (κ3) is 3.13. The molecule has 0 bridgehead atoms. The first-order valence-corrected chi connectivity index (χ1v) is 6.92. The van der Waals surface area contributed by atoms with Crippen molar-refractivity contribution in [3.8, 4) is 0 Å². The summed E-state index contributed by atoms with van der Waals surface area (Å²) in [6.45, 7) is 6.21. The van der Waals surface area contributed by atoms with Crippen molar-refractivity contribution in [2.24, 2.45) is 0 Å². The van der Waals surface area contributed by atoms with Crippen LogP contribution in [0.5, 0.6) is 0 Å². The van der Waals surface area contributed by atoms with E-state index >= 15 is 0 Å². The summed E-state index contributed by atoms with van der Waals surface area (Å²) >= 11 is 0. The molecular formula is C13H18N6O3. The summed E-state index contributed by atoms with van der Waals surface area (Å²) in [5.74, 6) is -0.263. The summed E-state index contributed by atoms with van der Waals surface area (Å²) in [7, 11) is 0. The van der Waals surface area contributed by atoms with Crippen molar-refractivity contribution in [3.05, 3.63) is 40.0 Å². The van der Waals surface area contributed by atoms with E-state index < -0.39 is 11.0 Å². The Morgan fingerprint density at radius 3 is 2.86 bits per heavy atom. The molecule has 22 heavy (non-hydrogen) atoms. The molecule has 0 aliphatic rings. The van der Waals surface area contributed by atoms with E-state index in [0.29, 0.717) is 6.54 Å². The minimum absolute atomic E-state index is 0.0938. The van der Waals surface area contributed by atoms with Crippen LogP contribution in [0.2, 0.25) is 0 Å². The van der Waals surface area contributed by atoms with Crippen LogP contribution in [0.1, 0.15) is 31.3 Å². The van der Waals surface area contributed by atoms with E-state index in [1.54, 1.807) is 24.7 Å². The molecule has 2 aromatic rings. The number of aryl methyl sites for hydroxylation is 2. The quantitative estimate of drug-likeness (QED) is 0.637. The maximum Gasteiger partial charge on any atom is 0.309 e. The van der Waals surface area contributed by atoms with Crippen molar-refractivity contribution in [2.75, 3.05) is 0 Å². The molecule has 2 heterocycles. The Labute approximate surface area is 127 Å². The lowest BCUT2D eigenvalue weighted by atomic mass is 10.3. The van der Waals surface area contributed by atoms with Gasteiger partial charge in [-0.15, -0.1) is 0 Å². The molecule has 0 radical (unpaired) electrons. The van der Waals surface area contributed by atoms with E-state index in [1.165, 1.54) is 10.9 Å². The number of nitrogens with one attached hydrogen (secondary N) is 1. The number of aromatic nitrogens is 4. The van der Waals surface area contributed by atoms with Crippen molar-refractivity contribution in [3.63, 3.8) is 0 Å². The molecule has 1 amide bonds. The fourth-order valence-electron chi connectivity index (χ4n) is 2.09. The van der Waals surface area contributed by atoms with Crippen molar-refractivity contribution in [1.29, 1.82) is 0 Å². The SMILES string of the molecule is CCn1nccc1CNC(=O)C(C)n1cc([N+](=O)[O-])c(C)n1. The Bertz CT molecular complexity index is 690. The van der Waals surface area contributed by atoms with Gasteiger partial charge in [-0.25, -0.2) is 0 Å². The molecule has 9 nitrogen and oxygen atoms in total. The Hall–Kier alpha value is -2.71. The van der Waals surface area contributed by atoms with Crippen LogP contribution in [0.25, 0.3) is 0 Å². The van der Waals surface area contributed by atoms with E-state index in [-0.39, 0.29) is 17.3 Å². The monoisotopic (exact) mass is 306 g/mol. The smallest absolute Gasteiger partial charge is 0.309 e. The molecule has 0 fully saturated rings. The van der Waals surface area contributed by atoms with Gasteiger partial charge in [0.25, 0.3) is 0 Å². The van der Waals surface area contributed by atoms with E-state index in [9.17, 15) is 14.9 Å². The lowest BCUT2D eigenvalue weighted by Gasteiger charge is -2.12. The number of rotatable bonds is 6. The lowest BCUT2D eigenvalue weighted by molar-refractivity contribution is -0.385. The van der Waals surface area contributed by atoms with Gasteiger partial charge in [-0.2, -0.15) is 10.2 Å². The maximum absolute atomic E-state index is 12.2. The molecule has 0 spiro atoms. The average Bonchev–Trinajstić information content (AvgIpc) is 3.09. The predicted octanol–water partition coefficient (Wildman–Crippen LogP) is 1.19. The summed E-state index contributed by atoms with van der Waals surface area (Å²) in [4.78, 5) is 22.5. The Morgan fingerprint density at radius 1 is 1.55 bits per heavy atom. The molecule has 9 heteroatoms. The molecule has 0 saturated heterocycles. The third-order valence-corrected chi connectivity index (χ3v) is 3.41. The molecule has 2 rings (SSSR count). The van der Waals surface area contributed by atoms with Gasteiger partial charge >= 0.3 is 5.69 Å². The van der Waals surface area contributed by atoms with Gasteiger partial charge < -0.3 is 5.32 Å². The van der Waals surface area contributed by atoms with E-state index in [4.69, 9.17) is 0 Å². The van der Waals surface area contributed by atoms with Crippen LogP contribution in [0.4, 0.5) is 5.69 Å². The van der Waals surface area contributed by atoms with Crippen molar-refractivity contribution in [1.82, 2.24) is 24.9 Å². The van der Waals surface area contributed by atoms with Gasteiger partial charge in [0.2, 0.25) is 5.91 Å². The Morgan fingerprint density at radius 2 is 2.27 bits per heavy atom. The molecular weight excluding hydrogens is 288 g/mol. The predicted molar refractivity (Wildman–Crippen MR) is 78.1 cm³/mol. The molecule has 118 valence electrons. The lowest BCUT2D eigenvalue weighted by Crippen LogP contribution is -2.31. The van der Waals surface area contributed by atoms with Crippen LogP contribution in [0, 0.1) is 17.0 Å². The highest BCUT2D eigenvalue weighted by Gasteiger charge is 2.22. The zero-order valence-corrected chi connectivity index (χ0v) is 12.7. The number of nitro groups is 1. The maximum atomic E-state index is 12.2.